The lowest BCUT2D eigenvalue weighted by Gasteiger charge is -2.01. The fourth-order valence-corrected chi connectivity index (χ4v) is 2.03. The summed E-state index contributed by atoms with van der Waals surface area (Å²) in [5, 5.41) is 1.20. The quantitative estimate of drug-likeness (QED) is 0.549. The predicted octanol–water partition coefficient (Wildman–Crippen LogP) is 1.83. The fourth-order valence-electron chi connectivity index (χ4n) is 1.71. The van der Waals surface area contributed by atoms with Crippen LogP contribution in [-0.2, 0) is 17.7 Å². The van der Waals surface area contributed by atoms with Crippen molar-refractivity contribution >= 4 is 22.2 Å². The largest absolute Gasteiger partial charge is 0.361 e. The lowest BCUT2D eigenvalue weighted by atomic mass is 10.1. The Labute approximate surface area is 96.5 Å². The van der Waals surface area contributed by atoms with Gasteiger partial charge < -0.3 is 4.98 Å². The molecule has 0 amide bonds. The summed E-state index contributed by atoms with van der Waals surface area (Å²) in [5.74, 6) is 0. The van der Waals surface area contributed by atoms with Crippen molar-refractivity contribution in [3.8, 4) is 0 Å². The lowest BCUT2D eigenvalue weighted by molar-refractivity contribution is 0.547. The molecule has 0 fully saturated rings. The second-order valence-corrected chi connectivity index (χ2v) is 4.43. The maximum atomic E-state index is 10.3. The molecule has 0 aliphatic heterocycles. The minimum Gasteiger partial charge on any atom is -0.361 e. The maximum Gasteiger partial charge on any atom is 0.231 e. The molecule has 0 aliphatic rings. The number of rotatable bonds is 5. The van der Waals surface area contributed by atoms with E-state index >= 15 is 0 Å². The van der Waals surface area contributed by atoms with E-state index in [1.165, 1.54) is 10.9 Å². The van der Waals surface area contributed by atoms with Gasteiger partial charge in [-0.15, -0.1) is 0 Å². The molecule has 1 atom stereocenters. The summed E-state index contributed by atoms with van der Waals surface area (Å²) in [6.45, 7) is 0.550. The normalized spacial score (nSPS) is 13.1. The van der Waals surface area contributed by atoms with Crippen molar-refractivity contribution in [3.05, 3.63) is 36.0 Å². The summed E-state index contributed by atoms with van der Waals surface area (Å²) in [6.07, 6.45) is 3.68. The first-order valence-corrected chi connectivity index (χ1v) is 6.27. The average molecular weight is 238 g/mol. The van der Waals surface area contributed by atoms with Crippen LogP contribution < -0.4 is 4.72 Å². The summed E-state index contributed by atoms with van der Waals surface area (Å²) >= 11 is -1.89. The van der Waals surface area contributed by atoms with Crippen molar-refractivity contribution in [3.63, 3.8) is 0 Å². The number of aryl methyl sites for hydroxylation is 1. The van der Waals surface area contributed by atoms with Gasteiger partial charge in [-0.05, 0) is 42.0 Å². The van der Waals surface area contributed by atoms with E-state index in [2.05, 4.69) is 27.9 Å². The van der Waals surface area contributed by atoms with Gasteiger partial charge in [0.25, 0.3) is 0 Å². The fraction of sp³-hybridized carbons (Fsp3) is 0.273. The summed E-state index contributed by atoms with van der Waals surface area (Å²) in [5.41, 5.74) is 2.39. The molecule has 1 aromatic heterocycles. The van der Waals surface area contributed by atoms with Crippen LogP contribution in [0.4, 0.5) is 0 Å². The third kappa shape index (κ3) is 2.91. The zero-order valence-corrected chi connectivity index (χ0v) is 9.59. The number of fused-ring (bicyclic) bond motifs is 1. The molecule has 3 N–H and O–H groups in total. The van der Waals surface area contributed by atoms with Crippen LogP contribution in [-0.4, -0.2) is 20.3 Å². The van der Waals surface area contributed by atoms with E-state index in [9.17, 15) is 4.21 Å². The zero-order valence-electron chi connectivity index (χ0n) is 8.77. The third-order valence-electron chi connectivity index (χ3n) is 2.49. The van der Waals surface area contributed by atoms with Gasteiger partial charge in [-0.1, -0.05) is 6.07 Å². The molecule has 0 spiro atoms. The summed E-state index contributed by atoms with van der Waals surface area (Å²) in [6, 6.07) is 8.32. The molecule has 2 rings (SSSR count). The first-order valence-electron chi connectivity index (χ1n) is 5.16. The highest BCUT2D eigenvalue weighted by Crippen LogP contribution is 2.15. The van der Waals surface area contributed by atoms with Gasteiger partial charge in [0.05, 0.1) is 0 Å². The van der Waals surface area contributed by atoms with Gasteiger partial charge in [0.2, 0.25) is 11.3 Å². The molecule has 86 valence electrons. The third-order valence-corrected chi connectivity index (χ3v) is 2.94. The van der Waals surface area contributed by atoms with E-state index in [4.69, 9.17) is 4.55 Å². The minimum atomic E-state index is -1.89. The summed E-state index contributed by atoms with van der Waals surface area (Å²) in [7, 11) is 0. The monoisotopic (exact) mass is 238 g/mol. The predicted molar refractivity (Wildman–Crippen MR) is 65.4 cm³/mol. The molecule has 0 aliphatic carbocycles. The molecular weight excluding hydrogens is 224 g/mol. The van der Waals surface area contributed by atoms with E-state index in [-0.39, 0.29) is 0 Å². The van der Waals surface area contributed by atoms with E-state index in [1.54, 1.807) is 0 Å². The van der Waals surface area contributed by atoms with Crippen LogP contribution in [0.5, 0.6) is 0 Å². The minimum absolute atomic E-state index is 0.550. The van der Waals surface area contributed by atoms with Crippen LogP contribution in [0.2, 0.25) is 0 Å². The molecule has 1 aromatic carbocycles. The number of nitrogens with one attached hydrogen (secondary N) is 2. The van der Waals surface area contributed by atoms with Gasteiger partial charge >= 0.3 is 0 Å². The van der Waals surface area contributed by atoms with Crippen LogP contribution >= 0.6 is 0 Å². The van der Waals surface area contributed by atoms with E-state index in [1.807, 2.05) is 12.3 Å². The summed E-state index contributed by atoms with van der Waals surface area (Å²) < 4.78 is 21.3. The molecule has 16 heavy (non-hydrogen) atoms. The number of benzene rings is 1. The van der Waals surface area contributed by atoms with Crippen molar-refractivity contribution < 1.29 is 8.76 Å². The molecule has 1 heterocycles. The Morgan fingerprint density at radius 3 is 3.06 bits per heavy atom. The Hall–Kier alpha value is -1.17. The Morgan fingerprint density at radius 2 is 2.25 bits per heavy atom. The van der Waals surface area contributed by atoms with Gasteiger partial charge in [0, 0.05) is 18.3 Å². The smallest absolute Gasteiger partial charge is 0.231 e. The molecule has 0 saturated heterocycles. The van der Waals surface area contributed by atoms with Gasteiger partial charge in [-0.25, -0.2) is 8.93 Å². The number of aromatic amines is 1. The van der Waals surface area contributed by atoms with E-state index in [0.29, 0.717) is 6.54 Å². The topological polar surface area (TPSA) is 65.1 Å². The second-order valence-electron chi connectivity index (χ2n) is 3.65. The van der Waals surface area contributed by atoms with Gasteiger partial charge in [-0.3, -0.25) is 4.55 Å². The SMILES string of the molecule is O=S(O)NCCCc1ccc2[nH]ccc2c1. The first kappa shape index (κ1) is 11.3. The molecule has 0 radical (unpaired) electrons. The number of hydrogen-bond donors (Lipinski definition) is 3. The molecule has 4 nitrogen and oxygen atoms in total. The molecule has 0 bridgehead atoms. The van der Waals surface area contributed by atoms with Crippen molar-refractivity contribution in [1.82, 2.24) is 9.71 Å². The van der Waals surface area contributed by atoms with Crippen molar-refractivity contribution in [2.45, 2.75) is 12.8 Å². The standard InChI is InChI=1S/C11H14N2O2S/c14-16(15)13-6-1-2-9-3-4-11-10(8-9)5-7-12-11/h3-5,7-8,12-13H,1-2,6H2,(H,14,15). The number of hydrogen-bond acceptors (Lipinski definition) is 1. The lowest BCUT2D eigenvalue weighted by Crippen LogP contribution is -2.17. The van der Waals surface area contributed by atoms with Crippen molar-refractivity contribution in [2.24, 2.45) is 0 Å². The van der Waals surface area contributed by atoms with Crippen LogP contribution in [0.25, 0.3) is 10.9 Å². The number of H-pyrrole nitrogens is 1. The van der Waals surface area contributed by atoms with Crippen LogP contribution in [0.15, 0.2) is 30.5 Å². The first-order chi connectivity index (χ1) is 7.75. The highest BCUT2D eigenvalue weighted by atomic mass is 32.2. The van der Waals surface area contributed by atoms with E-state index in [0.717, 1.165) is 18.4 Å². The Morgan fingerprint density at radius 1 is 1.38 bits per heavy atom. The molecule has 5 heteroatoms. The Kier molecular flexibility index (Phi) is 3.71. The van der Waals surface area contributed by atoms with Crippen LogP contribution in [0, 0.1) is 0 Å². The average Bonchev–Trinajstić information content (AvgIpc) is 2.71. The van der Waals surface area contributed by atoms with Crippen molar-refractivity contribution in [1.29, 1.82) is 0 Å². The molecule has 2 aromatic rings. The molecular formula is C11H14N2O2S. The maximum absolute atomic E-state index is 10.3. The highest BCUT2D eigenvalue weighted by molar-refractivity contribution is 7.77. The Bertz CT molecular complexity index is 495. The Balaban J connectivity index is 1.91. The van der Waals surface area contributed by atoms with E-state index < -0.39 is 11.3 Å². The second kappa shape index (κ2) is 5.25. The van der Waals surface area contributed by atoms with Gasteiger partial charge in [0.15, 0.2) is 0 Å². The molecule has 0 saturated carbocycles. The summed E-state index contributed by atoms with van der Waals surface area (Å²) in [4.78, 5) is 3.14. The van der Waals surface area contributed by atoms with Gasteiger partial charge in [0.1, 0.15) is 0 Å². The highest BCUT2D eigenvalue weighted by Gasteiger charge is 1.98. The van der Waals surface area contributed by atoms with Gasteiger partial charge in [-0.2, -0.15) is 0 Å². The van der Waals surface area contributed by atoms with Crippen molar-refractivity contribution in [2.75, 3.05) is 6.54 Å². The van der Waals surface area contributed by atoms with Crippen LogP contribution in [0.1, 0.15) is 12.0 Å². The van der Waals surface area contributed by atoms with Crippen LogP contribution in [0.3, 0.4) is 0 Å². The molecule has 1 unspecified atom stereocenters. The number of aromatic nitrogens is 1. The zero-order chi connectivity index (χ0) is 11.4.